The second kappa shape index (κ2) is 8.88. The topological polar surface area (TPSA) is 81.7 Å². The lowest BCUT2D eigenvalue weighted by atomic mass is 10.1. The van der Waals surface area contributed by atoms with Crippen LogP contribution < -0.4 is 15.5 Å². The Balaban J connectivity index is 1.65. The van der Waals surface area contributed by atoms with Crippen LogP contribution in [0, 0.1) is 0 Å². The summed E-state index contributed by atoms with van der Waals surface area (Å²) in [5.74, 6) is -0.141. The summed E-state index contributed by atoms with van der Waals surface area (Å²) < 4.78 is 16.9. The van der Waals surface area contributed by atoms with E-state index in [2.05, 4.69) is 5.32 Å². The van der Waals surface area contributed by atoms with Gasteiger partial charge in [-0.25, -0.2) is 0 Å². The highest BCUT2D eigenvalue weighted by atomic mass is 35.5. The van der Waals surface area contributed by atoms with E-state index in [0.29, 0.717) is 32.5 Å². The molecule has 4 rings (SSSR count). The van der Waals surface area contributed by atoms with Crippen LogP contribution in [-0.4, -0.2) is 12.5 Å². The number of aryl methyl sites for hydroxylation is 1. The summed E-state index contributed by atoms with van der Waals surface area (Å²) in [6, 6.07) is 13.4. The number of rotatable bonds is 6. The van der Waals surface area contributed by atoms with Gasteiger partial charge < -0.3 is 18.9 Å². The molecule has 8 heteroatoms. The minimum atomic E-state index is -0.481. The van der Waals surface area contributed by atoms with Gasteiger partial charge in [-0.3, -0.25) is 9.59 Å². The Morgan fingerprint density at radius 2 is 1.94 bits per heavy atom. The molecule has 1 amide bonds. The number of hydrogen-bond donors (Lipinski definition) is 1. The predicted octanol–water partition coefficient (Wildman–Crippen LogP) is 5.94. The van der Waals surface area contributed by atoms with Gasteiger partial charge in [-0.15, -0.1) is 0 Å². The zero-order valence-corrected chi connectivity index (χ0v) is 17.9. The first-order chi connectivity index (χ1) is 15.0. The highest BCUT2D eigenvalue weighted by Crippen LogP contribution is 2.31. The van der Waals surface area contributed by atoms with Crippen LogP contribution in [0.5, 0.6) is 5.75 Å². The Kier molecular flexibility index (Phi) is 6.02. The second-order valence-corrected chi connectivity index (χ2v) is 7.53. The van der Waals surface area contributed by atoms with E-state index in [1.807, 2.05) is 13.0 Å². The van der Waals surface area contributed by atoms with Crippen LogP contribution in [0.3, 0.4) is 0 Å². The number of hydrogen-bond acceptors (Lipinski definition) is 5. The van der Waals surface area contributed by atoms with Gasteiger partial charge in [0, 0.05) is 5.69 Å². The highest BCUT2D eigenvalue weighted by Gasteiger charge is 2.21. The third kappa shape index (κ3) is 4.45. The molecule has 1 N–H and O–H groups in total. The van der Waals surface area contributed by atoms with Crippen molar-refractivity contribution in [3.63, 3.8) is 0 Å². The Hall–Kier alpha value is -3.22. The monoisotopic (exact) mass is 457 g/mol. The van der Waals surface area contributed by atoms with Crippen LogP contribution in [0.25, 0.3) is 22.5 Å². The molecule has 0 radical (unpaired) electrons. The number of halogens is 2. The highest BCUT2D eigenvalue weighted by molar-refractivity contribution is 6.42. The fraction of sp³-hybridized carbons (Fsp3) is 0.130. The van der Waals surface area contributed by atoms with Crippen molar-refractivity contribution in [1.82, 2.24) is 0 Å². The number of fused-ring (bicyclic) bond motifs is 1. The van der Waals surface area contributed by atoms with Crippen molar-refractivity contribution in [3.8, 4) is 17.3 Å². The van der Waals surface area contributed by atoms with Gasteiger partial charge in [0.15, 0.2) is 12.4 Å². The average molecular weight is 458 g/mol. The summed E-state index contributed by atoms with van der Waals surface area (Å²) in [5, 5.41) is 3.70. The van der Waals surface area contributed by atoms with E-state index in [1.54, 1.807) is 36.4 Å². The van der Waals surface area contributed by atoms with E-state index >= 15 is 0 Å². The molecule has 2 aromatic carbocycles. The van der Waals surface area contributed by atoms with Gasteiger partial charge in [-0.05, 0) is 54.4 Å². The number of nitrogens with one attached hydrogen (secondary N) is 1. The minimum Gasteiger partial charge on any atom is -0.476 e. The van der Waals surface area contributed by atoms with E-state index in [9.17, 15) is 9.59 Å². The maximum atomic E-state index is 13.2. The van der Waals surface area contributed by atoms with Gasteiger partial charge in [-0.1, -0.05) is 36.2 Å². The van der Waals surface area contributed by atoms with Crippen LogP contribution in [0.1, 0.15) is 12.5 Å². The SMILES string of the molecule is CCc1ccc2oc(-c3ccco3)c(OCC(=O)Nc3ccc(Cl)c(Cl)c3)c(=O)c2c1. The van der Waals surface area contributed by atoms with E-state index in [1.165, 1.54) is 12.3 Å². The van der Waals surface area contributed by atoms with Crippen molar-refractivity contribution in [2.75, 3.05) is 11.9 Å². The standard InChI is InChI=1S/C23H17Cl2NO5/c1-2-13-5-8-18-15(10-13)21(28)23(22(31-18)19-4-3-9-29-19)30-12-20(27)26-14-6-7-16(24)17(25)11-14/h3-11H,2,12H2,1H3,(H,26,27). The van der Waals surface area contributed by atoms with Crippen molar-refractivity contribution in [2.45, 2.75) is 13.3 Å². The zero-order chi connectivity index (χ0) is 22.0. The van der Waals surface area contributed by atoms with Gasteiger partial charge in [0.05, 0.1) is 21.7 Å². The van der Waals surface area contributed by atoms with Gasteiger partial charge in [0.1, 0.15) is 5.58 Å². The minimum absolute atomic E-state index is 0.0972. The molecule has 158 valence electrons. The van der Waals surface area contributed by atoms with Gasteiger partial charge in [-0.2, -0.15) is 0 Å². The average Bonchev–Trinajstić information content (AvgIpc) is 3.30. The molecular weight excluding hydrogens is 441 g/mol. The summed E-state index contributed by atoms with van der Waals surface area (Å²) in [6.07, 6.45) is 2.22. The number of benzene rings is 2. The molecule has 0 spiro atoms. The maximum Gasteiger partial charge on any atom is 0.262 e. The maximum absolute atomic E-state index is 13.2. The summed E-state index contributed by atoms with van der Waals surface area (Å²) in [6.45, 7) is 1.57. The molecule has 2 aromatic heterocycles. The number of furan rings is 1. The van der Waals surface area contributed by atoms with Gasteiger partial charge >= 0.3 is 0 Å². The molecule has 0 aliphatic carbocycles. The van der Waals surface area contributed by atoms with Crippen molar-refractivity contribution >= 4 is 45.8 Å². The molecule has 0 saturated carbocycles. The van der Waals surface area contributed by atoms with Crippen molar-refractivity contribution < 1.29 is 18.4 Å². The van der Waals surface area contributed by atoms with Crippen molar-refractivity contribution in [3.05, 3.63) is 80.6 Å². The predicted molar refractivity (Wildman–Crippen MR) is 120 cm³/mol. The third-order valence-electron chi connectivity index (χ3n) is 4.62. The Labute approximate surface area is 187 Å². The first kappa shape index (κ1) is 21.0. The zero-order valence-electron chi connectivity index (χ0n) is 16.4. The first-order valence-corrected chi connectivity index (χ1v) is 10.2. The lowest BCUT2D eigenvalue weighted by Gasteiger charge is -2.11. The van der Waals surface area contributed by atoms with E-state index in [4.69, 9.17) is 36.8 Å². The third-order valence-corrected chi connectivity index (χ3v) is 5.36. The Bertz CT molecular complexity index is 1310. The fourth-order valence-corrected chi connectivity index (χ4v) is 3.35. The van der Waals surface area contributed by atoms with E-state index < -0.39 is 12.5 Å². The Morgan fingerprint density at radius 3 is 2.65 bits per heavy atom. The molecule has 0 saturated heterocycles. The van der Waals surface area contributed by atoms with Crippen LogP contribution in [0.15, 0.2) is 68.4 Å². The number of anilines is 1. The molecule has 2 heterocycles. The normalized spacial score (nSPS) is 10.9. The molecular formula is C23H17Cl2NO5. The van der Waals surface area contributed by atoms with Crippen LogP contribution in [0.4, 0.5) is 5.69 Å². The van der Waals surface area contributed by atoms with Gasteiger partial charge in [0.25, 0.3) is 5.91 Å². The van der Waals surface area contributed by atoms with Crippen LogP contribution >= 0.6 is 23.2 Å². The van der Waals surface area contributed by atoms with E-state index in [-0.39, 0.29) is 16.9 Å². The number of carbonyl (C=O) groups is 1. The second-order valence-electron chi connectivity index (χ2n) is 6.72. The van der Waals surface area contributed by atoms with E-state index in [0.717, 1.165) is 12.0 Å². The summed E-state index contributed by atoms with van der Waals surface area (Å²) in [4.78, 5) is 25.6. The van der Waals surface area contributed by atoms with Crippen LogP contribution in [0.2, 0.25) is 10.0 Å². The number of amides is 1. The molecule has 0 bridgehead atoms. The smallest absolute Gasteiger partial charge is 0.262 e. The van der Waals surface area contributed by atoms with Gasteiger partial charge in [0.2, 0.25) is 16.9 Å². The Morgan fingerprint density at radius 1 is 1.10 bits per heavy atom. The van der Waals surface area contributed by atoms with Crippen molar-refractivity contribution in [2.24, 2.45) is 0 Å². The molecule has 31 heavy (non-hydrogen) atoms. The largest absolute Gasteiger partial charge is 0.476 e. The molecule has 4 aromatic rings. The lowest BCUT2D eigenvalue weighted by Crippen LogP contribution is -2.22. The molecule has 0 aliphatic heterocycles. The fourth-order valence-electron chi connectivity index (χ4n) is 3.05. The molecule has 6 nitrogen and oxygen atoms in total. The quantitative estimate of drug-likeness (QED) is 0.387. The summed E-state index contributed by atoms with van der Waals surface area (Å²) >= 11 is 11.9. The molecule has 0 atom stereocenters. The number of carbonyl (C=O) groups excluding carboxylic acids is 1. The summed E-state index contributed by atoms with van der Waals surface area (Å²) in [5.41, 5.74) is 1.45. The van der Waals surface area contributed by atoms with Crippen molar-refractivity contribution in [1.29, 1.82) is 0 Å². The number of ether oxygens (including phenoxy) is 1. The van der Waals surface area contributed by atoms with Crippen LogP contribution in [-0.2, 0) is 11.2 Å². The molecule has 0 aliphatic rings. The molecule has 0 fully saturated rings. The molecule has 0 unspecified atom stereocenters. The lowest BCUT2D eigenvalue weighted by molar-refractivity contribution is -0.118. The first-order valence-electron chi connectivity index (χ1n) is 9.47. The summed E-state index contributed by atoms with van der Waals surface area (Å²) in [7, 11) is 0.